The van der Waals surface area contributed by atoms with Gasteiger partial charge in [-0.15, -0.1) is 11.8 Å². The Bertz CT molecular complexity index is 1890. The van der Waals surface area contributed by atoms with E-state index in [4.69, 9.17) is 9.84 Å². The van der Waals surface area contributed by atoms with E-state index in [0.29, 0.717) is 23.8 Å². The number of phenolic OH excluding ortho intramolecular Hbond substituents is 1. The fourth-order valence-corrected chi connectivity index (χ4v) is 5.59. The lowest BCUT2D eigenvalue weighted by molar-refractivity contribution is 0.251. The van der Waals surface area contributed by atoms with Crippen LogP contribution >= 0.6 is 11.8 Å². The first-order chi connectivity index (χ1) is 22.0. The second kappa shape index (κ2) is 14.0. The van der Waals surface area contributed by atoms with Crippen molar-refractivity contribution in [2.24, 2.45) is 0 Å². The molecular formula is C36H39N5O4S. The number of thioether (sulfide) groups is 1. The molecule has 46 heavy (non-hydrogen) atoms. The van der Waals surface area contributed by atoms with E-state index in [9.17, 15) is 14.7 Å². The third-order valence-corrected chi connectivity index (χ3v) is 8.43. The largest absolute Gasteiger partial charge is 0.508 e. The van der Waals surface area contributed by atoms with E-state index in [-0.39, 0.29) is 29.9 Å². The molecule has 5 aromatic rings. The number of aromatic nitrogens is 3. The monoisotopic (exact) mass is 637 g/mol. The molecule has 2 heterocycles. The summed E-state index contributed by atoms with van der Waals surface area (Å²) in [6.45, 7) is 9.06. The van der Waals surface area contributed by atoms with Gasteiger partial charge in [-0.1, -0.05) is 63.2 Å². The highest BCUT2D eigenvalue weighted by atomic mass is 32.2. The first-order valence-electron chi connectivity index (χ1n) is 15.0. The van der Waals surface area contributed by atoms with Crippen LogP contribution in [0.25, 0.3) is 5.69 Å². The van der Waals surface area contributed by atoms with Crippen molar-refractivity contribution in [1.82, 2.24) is 19.7 Å². The Morgan fingerprint density at radius 1 is 0.935 bits per heavy atom. The molecule has 10 heteroatoms. The Morgan fingerprint density at radius 2 is 1.61 bits per heavy atom. The maximum absolute atomic E-state index is 13.1. The summed E-state index contributed by atoms with van der Waals surface area (Å²) in [6.07, 6.45) is 2.03. The molecule has 0 unspecified atom stereocenters. The number of phenols is 1. The third-order valence-electron chi connectivity index (χ3n) is 7.60. The molecule has 0 aliphatic carbocycles. The zero-order valence-corrected chi connectivity index (χ0v) is 27.5. The molecule has 2 amide bonds. The number of carbonyl (C=O) groups excluding carboxylic acids is 1. The SMILES string of the molecule is CSc1ccccc1Cn1c(C)cc(OCc2ccccc2CNC(=O)Nc2cc(C(C)(C)C)nn2-c2ccc(O)cc2)cc1=O. The molecule has 2 aromatic heterocycles. The van der Waals surface area contributed by atoms with E-state index in [1.165, 1.54) is 6.07 Å². The van der Waals surface area contributed by atoms with Crippen molar-refractivity contribution in [3.63, 3.8) is 0 Å². The lowest BCUT2D eigenvalue weighted by Gasteiger charge is -2.15. The molecule has 9 nitrogen and oxygen atoms in total. The van der Waals surface area contributed by atoms with Gasteiger partial charge in [0.2, 0.25) is 0 Å². The molecule has 0 saturated carbocycles. The van der Waals surface area contributed by atoms with Crippen LogP contribution in [0.4, 0.5) is 10.6 Å². The van der Waals surface area contributed by atoms with E-state index >= 15 is 0 Å². The van der Waals surface area contributed by atoms with Gasteiger partial charge in [-0.2, -0.15) is 5.10 Å². The van der Waals surface area contributed by atoms with E-state index in [0.717, 1.165) is 33.0 Å². The van der Waals surface area contributed by atoms with Crippen molar-refractivity contribution in [1.29, 1.82) is 0 Å². The number of anilines is 1. The van der Waals surface area contributed by atoms with Crippen LogP contribution < -0.4 is 20.9 Å². The number of nitrogens with zero attached hydrogens (tertiary/aromatic N) is 3. The highest BCUT2D eigenvalue weighted by Crippen LogP contribution is 2.27. The number of aromatic hydroxyl groups is 1. The Labute approximate surface area is 273 Å². The Hall–Kier alpha value is -4.96. The molecule has 3 aromatic carbocycles. The first-order valence-corrected chi connectivity index (χ1v) is 16.2. The van der Waals surface area contributed by atoms with Crippen molar-refractivity contribution in [3.8, 4) is 17.2 Å². The van der Waals surface area contributed by atoms with Gasteiger partial charge in [0.1, 0.15) is 23.9 Å². The van der Waals surface area contributed by atoms with Gasteiger partial charge < -0.3 is 19.7 Å². The number of nitrogens with one attached hydrogen (secondary N) is 2. The normalized spacial score (nSPS) is 11.3. The number of urea groups is 1. The number of rotatable bonds is 10. The summed E-state index contributed by atoms with van der Waals surface area (Å²) < 4.78 is 9.48. The highest BCUT2D eigenvalue weighted by molar-refractivity contribution is 7.98. The topological polar surface area (TPSA) is 110 Å². The van der Waals surface area contributed by atoms with Crippen LogP contribution in [-0.2, 0) is 25.1 Å². The number of hydrogen-bond acceptors (Lipinski definition) is 6. The second-order valence-electron chi connectivity index (χ2n) is 12.0. The Kier molecular flexibility index (Phi) is 9.87. The summed E-state index contributed by atoms with van der Waals surface area (Å²) in [5.41, 5.74) is 4.84. The number of amides is 2. The maximum Gasteiger partial charge on any atom is 0.320 e. The van der Waals surface area contributed by atoms with Gasteiger partial charge in [-0.3, -0.25) is 10.1 Å². The maximum atomic E-state index is 13.1. The minimum Gasteiger partial charge on any atom is -0.508 e. The van der Waals surface area contributed by atoms with Gasteiger partial charge in [0, 0.05) is 34.7 Å². The fourth-order valence-electron chi connectivity index (χ4n) is 4.98. The summed E-state index contributed by atoms with van der Waals surface area (Å²) in [5.74, 6) is 1.15. The molecule has 0 saturated heterocycles. The zero-order chi connectivity index (χ0) is 32.8. The van der Waals surface area contributed by atoms with Crippen molar-refractivity contribution >= 4 is 23.6 Å². The third kappa shape index (κ3) is 7.81. The second-order valence-corrected chi connectivity index (χ2v) is 12.9. The zero-order valence-electron chi connectivity index (χ0n) is 26.7. The van der Waals surface area contributed by atoms with Gasteiger partial charge in [-0.05, 0) is 66.3 Å². The molecule has 5 rings (SSSR count). The van der Waals surface area contributed by atoms with Gasteiger partial charge >= 0.3 is 6.03 Å². The number of pyridine rings is 1. The molecule has 238 valence electrons. The van der Waals surface area contributed by atoms with E-state index in [1.54, 1.807) is 45.3 Å². The van der Waals surface area contributed by atoms with Crippen molar-refractivity contribution in [2.75, 3.05) is 11.6 Å². The van der Waals surface area contributed by atoms with Crippen LogP contribution in [0.3, 0.4) is 0 Å². The number of hydrogen-bond donors (Lipinski definition) is 3. The molecule has 0 radical (unpaired) electrons. The molecule has 0 aliphatic rings. The Balaban J connectivity index is 1.25. The number of ether oxygens (including phenoxy) is 1. The highest BCUT2D eigenvalue weighted by Gasteiger charge is 2.22. The molecule has 0 aliphatic heterocycles. The van der Waals surface area contributed by atoms with Crippen molar-refractivity contribution in [2.45, 2.75) is 57.7 Å². The summed E-state index contributed by atoms with van der Waals surface area (Å²) in [5, 5.41) is 20.3. The number of carbonyl (C=O) groups is 1. The lowest BCUT2D eigenvalue weighted by Crippen LogP contribution is -2.29. The molecule has 0 atom stereocenters. The predicted molar refractivity (Wildman–Crippen MR) is 183 cm³/mol. The van der Waals surface area contributed by atoms with Crippen molar-refractivity contribution in [3.05, 3.63) is 129 Å². The molecular weight excluding hydrogens is 598 g/mol. The average Bonchev–Trinajstić information content (AvgIpc) is 3.46. The molecule has 3 N–H and O–H groups in total. The lowest BCUT2D eigenvalue weighted by atomic mass is 9.92. The average molecular weight is 638 g/mol. The van der Waals surface area contributed by atoms with Crippen LogP contribution in [0.2, 0.25) is 0 Å². The van der Waals surface area contributed by atoms with E-state index in [2.05, 4.69) is 37.5 Å². The fraction of sp³-hybridized carbons (Fsp3) is 0.250. The summed E-state index contributed by atoms with van der Waals surface area (Å²) in [7, 11) is 0. The summed E-state index contributed by atoms with van der Waals surface area (Å²) >= 11 is 1.66. The Morgan fingerprint density at radius 3 is 2.28 bits per heavy atom. The van der Waals surface area contributed by atoms with Crippen LogP contribution in [0, 0.1) is 6.92 Å². The van der Waals surface area contributed by atoms with E-state index < -0.39 is 6.03 Å². The first kappa shape index (κ1) is 32.4. The quantitative estimate of drug-likeness (QED) is 0.142. The summed E-state index contributed by atoms with van der Waals surface area (Å²) in [4.78, 5) is 27.3. The van der Waals surface area contributed by atoms with Crippen LogP contribution in [0.1, 0.15) is 48.8 Å². The molecule has 0 spiro atoms. The van der Waals surface area contributed by atoms with Crippen molar-refractivity contribution < 1.29 is 14.6 Å². The smallest absolute Gasteiger partial charge is 0.320 e. The van der Waals surface area contributed by atoms with Crippen LogP contribution in [0.5, 0.6) is 11.5 Å². The molecule has 0 bridgehead atoms. The van der Waals surface area contributed by atoms with E-state index in [1.807, 2.05) is 67.8 Å². The van der Waals surface area contributed by atoms with Crippen LogP contribution in [0.15, 0.2) is 101 Å². The predicted octanol–water partition coefficient (Wildman–Crippen LogP) is 7.02. The minimum atomic E-state index is -0.390. The summed E-state index contributed by atoms with van der Waals surface area (Å²) in [6, 6.07) is 27.3. The standard InChI is InChI=1S/C36H39N5O4S/c1-24-18-30(19-34(43)40(24)22-26-11-8-9-13-31(26)46-5)45-23-27-12-7-6-10-25(27)21-37-35(44)38-33-20-32(36(2,3)4)39-41(33)28-14-16-29(42)17-15-28/h6-20,42H,21-23H2,1-5H3,(H2,37,38,44). The van der Waals surface area contributed by atoms with Gasteiger partial charge in [0.15, 0.2) is 0 Å². The van der Waals surface area contributed by atoms with Gasteiger partial charge in [0.25, 0.3) is 5.56 Å². The van der Waals surface area contributed by atoms with Gasteiger partial charge in [-0.25, -0.2) is 9.48 Å². The van der Waals surface area contributed by atoms with Gasteiger partial charge in [0.05, 0.1) is 17.9 Å². The van der Waals surface area contributed by atoms with Crippen LogP contribution in [-0.4, -0.2) is 31.7 Å². The minimum absolute atomic E-state index is 0.126. The molecule has 0 fully saturated rings. The number of benzene rings is 3. The number of aryl methyl sites for hydroxylation is 1.